The van der Waals surface area contributed by atoms with Crippen LogP contribution in [-0.4, -0.2) is 73.4 Å². The molecule has 0 radical (unpaired) electrons. The van der Waals surface area contributed by atoms with E-state index in [0.717, 1.165) is 44.9 Å². The molecule has 0 heterocycles. The molecule has 3 atom stereocenters. The van der Waals surface area contributed by atoms with Crippen LogP contribution in [0, 0.1) is 0 Å². The Morgan fingerprint density at radius 2 is 1.06 bits per heavy atom. The number of quaternary nitrogens is 1. The minimum atomic E-state index is -4.33. The minimum Gasteiger partial charge on any atom is -0.387 e. The molecule has 8 nitrogen and oxygen atoms in total. The average molecular weight is 756 g/mol. The second kappa shape index (κ2) is 35.4. The van der Waals surface area contributed by atoms with Crippen LogP contribution in [0.15, 0.2) is 36.5 Å². The Bertz CT molecular complexity index is 948. The molecule has 0 aliphatic carbocycles. The van der Waals surface area contributed by atoms with Crippen molar-refractivity contribution >= 4 is 13.7 Å². The van der Waals surface area contributed by atoms with Crippen LogP contribution in [-0.2, 0) is 18.4 Å². The Morgan fingerprint density at radius 1 is 0.635 bits per heavy atom. The van der Waals surface area contributed by atoms with Crippen LogP contribution in [0.5, 0.6) is 0 Å². The molecule has 1 amide bonds. The quantitative estimate of drug-likeness (QED) is 0.0251. The van der Waals surface area contributed by atoms with Gasteiger partial charge in [-0.25, -0.2) is 4.57 Å². The number of allylic oxidation sites excluding steroid dienone is 5. The van der Waals surface area contributed by atoms with E-state index in [1.54, 1.807) is 6.08 Å². The third-order valence-electron chi connectivity index (χ3n) is 9.34. The van der Waals surface area contributed by atoms with E-state index in [0.29, 0.717) is 17.4 Å². The monoisotopic (exact) mass is 756 g/mol. The van der Waals surface area contributed by atoms with E-state index in [1.165, 1.54) is 116 Å². The van der Waals surface area contributed by atoms with Gasteiger partial charge in [-0.15, -0.1) is 0 Å². The lowest BCUT2D eigenvalue weighted by molar-refractivity contribution is -0.870. The van der Waals surface area contributed by atoms with Gasteiger partial charge >= 0.3 is 7.82 Å². The summed E-state index contributed by atoms with van der Waals surface area (Å²) < 4.78 is 23.2. The maximum atomic E-state index is 12.5. The molecule has 0 rings (SSSR count). The number of likely N-dealkylation sites (N-methyl/N-ethyl adjacent to an activating group) is 1. The number of phosphoric ester groups is 1. The fraction of sp³-hybridized carbons (Fsp3) is 0.837. The van der Waals surface area contributed by atoms with E-state index < -0.39 is 20.0 Å². The molecule has 52 heavy (non-hydrogen) atoms. The maximum Gasteiger partial charge on any atom is 0.472 e. The summed E-state index contributed by atoms with van der Waals surface area (Å²) in [6.45, 7) is 4.60. The summed E-state index contributed by atoms with van der Waals surface area (Å²) in [7, 11) is 1.54. The predicted octanol–water partition coefficient (Wildman–Crippen LogP) is 11.5. The summed E-state index contributed by atoms with van der Waals surface area (Å²) >= 11 is 0. The van der Waals surface area contributed by atoms with Crippen molar-refractivity contribution in [2.45, 2.75) is 193 Å². The summed E-state index contributed by atoms with van der Waals surface area (Å²) in [6.07, 6.45) is 43.2. The van der Waals surface area contributed by atoms with Gasteiger partial charge in [0.15, 0.2) is 0 Å². The van der Waals surface area contributed by atoms with Crippen molar-refractivity contribution in [1.29, 1.82) is 0 Å². The normalized spacial score (nSPS) is 14.8. The second-order valence-corrected chi connectivity index (χ2v) is 17.2. The van der Waals surface area contributed by atoms with Crippen molar-refractivity contribution in [1.82, 2.24) is 5.32 Å². The van der Waals surface area contributed by atoms with E-state index in [-0.39, 0.29) is 19.1 Å². The zero-order valence-electron chi connectivity index (χ0n) is 34.5. The van der Waals surface area contributed by atoms with Gasteiger partial charge in [0, 0.05) is 6.42 Å². The first-order valence-electron chi connectivity index (χ1n) is 21.4. The molecule has 0 aliphatic heterocycles. The first-order valence-corrected chi connectivity index (χ1v) is 22.9. The SMILES string of the molecule is CCCCCCCCCCCCCCCCCCC/C=C/CC/C=C/CC/C=C/C(O)C(COP(=O)(O)OCC[N+](C)(C)C)NC(=O)CCCCC. The maximum absolute atomic E-state index is 12.5. The predicted molar refractivity (Wildman–Crippen MR) is 221 cm³/mol. The molecule has 9 heteroatoms. The average Bonchev–Trinajstić information content (AvgIpc) is 3.09. The highest BCUT2D eigenvalue weighted by atomic mass is 31.2. The number of rotatable bonds is 38. The molecule has 3 unspecified atom stereocenters. The minimum absolute atomic E-state index is 0.0528. The van der Waals surface area contributed by atoms with E-state index in [2.05, 4.69) is 43.5 Å². The number of phosphoric acid groups is 1. The number of aliphatic hydroxyl groups excluding tert-OH is 1. The number of hydrogen-bond acceptors (Lipinski definition) is 5. The third kappa shape index (κ3) is 37.1. The lowest BCUT2D eigenvalue weighted by Crippen LogP contribution is -2.45. The van der Waals surface area contributed by atoms with Crippen LogP contribution in [0.2, 0.25) is 0 Å². The Labute approximate surface area is 321 Å². The van der Waals surface area contributed by atoms with Crippen LogP contribution < -0.4 is 5.32 Å². The zero-order chi connectivity index (χ0) is 38.6. The molecule has 306 valence electrons. The number of nitrogens with zero attached hydrogens (tertiary/aromatic N) is 1. The summed E-state index contributed by atoms with van der Waals surface area (Å²) in [6, 6.07) is -0.862. The molecule has 0 aliphatic rings. The lowest BCUT2D eigenvalue weighted by Gasteiger charge is -2.25. The molecule has 0 fully saturated rings. The smallest absolute Gasteiger partial charge is 0.387 e. The number of amides is 1. The first-order chi connectivity index (χ1) is 25.0. The highest BCUT2D eigenvalue weighted by Crippen LogP contribution is 2.43. The molecule has 0 aromatic rings. The molecule has 0 saturated heterocycles. The fourth-order valence-corrected chi connectivity index (χ4v) is 6.63. The summed E-state index contributed by atoms with van der Waals surface area (Å²) in [5.41, 5.74) is 0. The standard InChI is InChI=1S/C43H83N2O6P/c1-6-8-10-11-12-13-14-15-16-17-18-19-20-21-22-23-24-25-26-27-28-29-30-31-32-33-35-36-42(46)41(44-43(47)37-34-9-7-2)40-51-52(48,49)50-39-38-45(3,4)5/h26-27,30-31,35-36,41-42,46H,6-25,28-29,32-34,37-40H2,1-5H3,(H-,44,47,48,49)/p+1/b27-26+,31-30+,36-35+. The molecular formula is C43H84N2O6P+. The summed E-state index contributed by atoms with van der Waals surface area (Å²) in [5.74, 6) is -0.217. The van der Waals surface area contributed by atoms with Gasteiger partial charge in [0.2, 0.25) is 5.91 Å². The van der Waals surface area contributed by atoms with E-state index in [4.69, 9.17) is 9.05 Å². The largest absolute Gasteiger partial charge is 0.472 e. The van der Waals surface area contributed by atoms with Gasteiger partial charge in [-0.3, -0.25) is 13.8 Å². The van der Waals surface area contributed by atoms with Crippen LogP contribution in [0.4, 0.5) is 0 Å². The van der Waals surface area contributed by atoms with Crippen LogP contribution in [0.25, 0.3) is 0 Å². The van der Waals surface area contributed by atoms with Gasteiger partial charge in [0.1, 0.15) is 13.2 Å². The Hall–Kier alpha value is -1.28. The molecule has 0 aromatic carbocycles. The number of unbranched alkanes of at least 4 members (excludes halogenated alkanes) is 21. The lowest BCUT2D eigenvalue weighted by atomic mass is 10.0. The third-order valence-corrected chi connectivity index (χ3v) is 10.3. The van der Waals surface area contributed by atoms with Crippen molar-refractivity contribution < 1.29 is 32.9 Å². The van der Waals surface area contributed by atoms with E-state index in [1.807, 2.05) is 27.2 Å². The van der Waals surface area contributed by atoms with Crippen molar-refractivity contribution in [3.8, 4) is 0 Å². The molecular weight excluding hydrogens is 671 g/mol. The molecule has 0 spiro atoms. The van der Waals surface area contributed by atoms with Gasteiger partial charge < -0.3 is 19.8 Å². The number of nitrogens with one attached hydrogen (secondary N) is 1. The van der Waals surface area contributed by atoms with E-state index >= 15 is 0 Å². The molecule has 0 saturated carbocycles. The molecule has 0 bridgehead atoms. The van der Waals surface area contributed by atoms with Crippen molar-refractivity contribution in [2.75, 3.05) is 40.9 Å². The number of carbonyl (C=O) groups excluding carboxylic acids is 1. The second-order valence-electron chi connectivity index (χ2n) is 15.7. The van der Waals surface area contributed by atoms with Crippen molar-refractivity contribution in [2.24, 2.45) is 0 Å². The Morgan fingerprint density at radius 3 is 1.54 bits per heavy atom. The Balaban J connectivity index is 4.06. The zero-order valence-corrected chi connectivity index (χ0v) is 35.4. The van der Waals surface area contributed by atoms with Gasteiger partial charge in [0.25, 0.3) is 0 Å². The van der Waals surface area contributed by atoms with Crippen molar-refractivity contribution in [3.63, 3.8) is 0 Å². The summed E-state index contributed by atoms with van der Waals surface area (Å²) in [4.78, 5) is 22.6. The van der Waals surface area contributed by atoms with Gasteiger partial charge in [-0.1, -0.05) is 166 Å². The van der Waals surface area contributed by atoms with Crippen LogP contribution in [0.3, 0.4) is 0 Å². The highest BCUT2D eigenvalue weighted by molar-refractivity contribution is 7.47. The van der Waals surface area contributed by atoms with Gasteiger partial charge in [0.05, 0.1) is 39.9 Å². The van der Waals surface area contributed by atoms with Gasteiger partial charge in [-0.05, 0) is 44.9 Å². The topological polar surface area (TPSA) is 105 Å². The number of hydrogen-bond donors (Lipinski definition) is 3. The summed E-state index contributed by atoms with van der Waals surface area (Å²) in [5, 5.41) is 13.6. The van der Waals surface area contributed by atoms with Gasteiger partial charge in [-0.2, -0.15) is 0 Å². The van der Waals surface area contributed by atoms with Crippen LogP contribution >= 0.6 is 7.82 Å². The first kappa shape index (κ1) is 50.7. The van der Waals surface area contributed by atoms with E-state index in [9.17, 15) is 19.4 Å². The fourth-order valence-electron chi connectivity index (χ4n) is 5.90. The highest BCUT2D eigenvalue weighted by Gasteiger charge is 2.27. The Kier molecular flexibility index (Phi) is 34.6. The van der Waals surface area contributed by atoms with Crippen LogP contribution in [0.1, 0.15) is 181 Å². The number of aliphatic hydroxyl groups is 1. The van der Waals surface area contributed by atoms with Crippen molar-refractivity contribution in [3.05, 3.63) is 36.5 Å². The molecule has 0 aromatic heterocycles. The molecule has 3 N–H and O–H groups in total. The number of carbonyl (C=O) groups is 1.